The highest BCUT2D eigenvalue weighted by Crippen LogP contribution is 2.34. The van der Waals surface area contributed by atoms with E-state index in [9.17, 15) is 8.42 Å². The van der Waals surface area contributed by atoms with Gasteiger partial charge in [0.15, 0.2) is 5.13 Å². The van der Waals surface area contributed by atoms with Gasteiger partial charge in [0.1, 0.15) is 0 Å². The van der Waals surface area contributed by atoms with Crippen LogP contribution >= 0.6 is 11.3 Å². The molecular weight excluding hydrogens is 330 g/mol. The molecular formula is C16H19N3O2S2. The van der Waals surface area contributed by atoms with Crippen molar-refractivity contribution >= 4 is 32.2 Å². The molecule has 0 unspecified atom stereocenters. The lowest BCUT2D eigenvalue weighted by molar-refractivity contribution is 0.592. The van der Waals surface area contributed by atoms with Crippen LogP contribution in [-0.2, 0) is 16.4 Å². The maximum absolute atomic E-state index is 11.9. The van der Waals surface area contributed by atoms with Crippen LogP contribution in [0.5, 0.6) is 0 Å². The molecule has 0 radical (unpaired) electrons. The number of thiazole rings is 1. The Bertz CT molecular complexity index is 841. The molecule has 0 spiro atoms. The van der Waals surface area contributed by atoms with Gasteiger partial charge in [0, 0.05) is 23.5 Å². The molecule has 2 heterocycles. The maximum atomic E-state index is 11.9. The number of anilines is 2. The summed E-state index contributed by atoms with van der Waals surface area (Å²) in [5.41, 5.74) is 3.91. The predicted molar refractivity (Wildman–Crippen MR) is 94.7 cm³/mol. The van der Waals surface area contributed by atoms with Crippen LogP contribution in [0.3, 0.4) is 0 Å². The molecule has 4 rings (SSSR count). The van der Waals surface area contributed by atoms with Crippen molar-refractivity contribution in [3.05, 3.63) is 29.1 Å². The Labute approximate surface area is 140 Å². The van der Waals surface area contributed by atoms with Gasteiger partial charge >= 0.3 is 0 Å². The van der Waals surface area contributed by atoms with Crippen molar-refractivity contribution < 1.29 is 8.42 Å². The first-order chi connectivity index (χ1) is 11.0. The van der Waals surface area contributed by atoms with E-state index in [0.29, 0.717) is 12.6 Å². The summed E-state index contributed by atoms with van der Waals surface area (Å²) in [5.74, 6) is 0. The van der Waals surface area contributed by atoms with Crippen LogP contribution in [0.1, 0.15) is 24.8 Å². The number of benzene rings is 1. The quantitative estimate of drug-likeness (QED) is 0.921. The Morgan fingerprint density at radius 1 is 1.35 bits per heavy atom. The van der Waals surface area contributed by atoms with Crippen LogP contribution in [-0.4, -0.2) is 32.2 Å². The van der Waals surface area contributed by atoms with E-state index in [1.54, 1.807) is 11.3 Å². The second kappa shape index (κ2) is 5.49. The molecule has 2 aliphatic rings. The van der Waals surface area contributed by atoms with E-state index in [1.165, 1.54) is 23.4 Å². The maximum Gasteiger partial charge on any atom is 0.232 e. The fraction of sp³-hybridized carbons (Fsp3) is 0.438. The van der Waals surface area contributed by atoms with Crippen molar-refractivity contribution in [2.45, 2.75) is 31.7 Å². The number of nitrogens with one attached hydrogen (secondary N) is 1. The van der Waals surface area contributed by atoms with Crippen molar-refractivity contribution in [1.82, 2.24) is 4.98 Å². The minimum absolute atomic E-state index is 0.567. The van der Waals surface area contributed by atoms with E-state index < -0.39 is 10.0 Å². The van der Waals surface area contributed by atoms with E-state index in [2.05, 4.69) is 21.7 Å². The lowest BCUT2D eigenvalue weighted by Gasteiger charge is -2.29. The van der Waals surface area contributed by atoms with Crippen molar-refractivity contribution in [1.29, 1.82) is 0 Å². The van der Waals surface area contributed by atoms with E-state index in [-0.39, 0.29) is 0 Å². The molecule has 1 N–H and O–H groups in total. The van der Waals surface area contributed by atoms with Crippen LogP contribution in [0.15, 0.2) is 23.6 Å². The van der Waals surface area contributed by atoms with Gasteiger partial charge in [-0.1, -0.05) is 6.07 Å². The topological polar surface area (TPSA) is 62.3 Å². The van der Waals surface area contributed by atoms with Gasteiger partial charge in [0.2, 0.25) is 10.0 Å². The first-order valence-electron chi connectivity index (χ1n) is 7.84. The van der Waals surface area contributed by atoms with Gasteiger partial charge < -0.3 is 5.32 Å². The van der Waals surface area contributed by atoms with Crippen LogP contribution in [0.4, 0.5) is 10.8 Å². The third-order valence-corrected chi connectivity index (χ3v) is 6.21. The first kappa shape index (κ1) is 15.0. The van der Waals surface area contributed by atoms with Gasteiger partial charge in [0.25, 0.3) is 0 Å². The average Bonchev–Trinajstić information content (AvgIpc) is 3.20. The van der Waals surface area contributed by atoms with Crippen LogP contribution in [0.2, 0.25) is 0 Å². The summed E-state index contributed by atoms with van der Waals surface area (Å²) in [6, 6.07) is 6.57. The highest BCUT2D eigenvalue weighted by molar-refractivity contribution is 7.92. The third-order valence-electron chi connectivity index (χ3n) is 4.26. The van der Waals surface area contributed by atoms with Crippen molar-refractivity contribution in [3.63, 3.8) is 0 Å². The number of hydrogen-bond acceptors (Lipinski definition) is 5. The smallest absolute Gasteiger partial charge is 0.232 e. The van der Waals surface area contributed by atoms with E-state index in [1.807, 2.05) is 12.1 Å². The summed E-state index contributed by atoms with van der Waals surface area (Å²) < 4.78 is 25.4. The van der Waals surface area contributed by atoms with Gasteiger partial charge in [0.05, 0.1) is 17.6 Å². The molecule has 5 nitrogen and oxygen atoms in total. The summed E-state index contributed by atoms with van der Waals surface area (Å²) >= 11 is 1.63. The molecule has 2 aromatic rings. The number of sulfonamides is 1. The predicted octanol–water partition coefficient (Wildman–Crippen LogP) is 3.10. The van der Waals surface area contributed by atoms with Crippen LogP contribution in [0, 0.1) is 0 Å². The SMILES string of the molecule is CS(=O)(=O)N1CCCc2cc(-c3csc(NC4CC4)n3)ccc21. The minimum Gasteiger partial charge on any atom is -0.359 e. The van der Waals surface area contributed by atoms with Crippen molar-refractivity contribution in [2.24, 2.45) is 0 Å². The summed E-state index contributed by atoms with van der Waals surface area (Å²) in [5, 5.41) is 6.44. The zero-order valence-electron chi connectivity index (χ0n) is 12.9. The average molecular weight is 349 g/mol. The Morgan fingerprint density at radius 3 is 2.91 bits per heavy atom. The molecule has 1 fully saturated rings. The molecule has 0 atom stereocenters. The number of aromatic nitrogens is 1. The summed E-state index contributed by atoms with van der Waals surface area (Å²) in [7, 11) is -3.21. The molecule has 0 bridgehead atoms. The lowest BCUT2D eigenvalue weighted by atomic mass is 10.00. The molecule has 122 valence electrons. The van der Waals surface area contributed by atoms with Gasteiger partial charge in [-0.2, -0.15) is 0 Å². The number of aryl methyl sites for hydroxylation is 1. The molecule has 23 heavy (non-hydrogen) atoms. The molecule has 1 aromatic heterocycles. The molecule has 1 aliphatic carbocycles. The third kappa shape index (κ3) is 3.07. The lowest BCUT2D eigenvalue weighted by Crippen LogP contribution is -2.34. The zero-order chi connectivity index (χ0) is 16.0. The Morgan fingerprint density at radius 2 is 2.17 bits per heavy atom. The van der Waals surface area contributed by atoms with Crippen LogP contribution in [0.25, 0.3) is 11.3 Å². The number of nitrogens with zero attached hydrogens (tertiary/aromatic N) is 2. The monoisotopic (exact) mass is 349 g/mol. The molecule has 7 heteroatoms. The zero-order valence-corrected chi connectivity index (χ0v) is 14.6. The van der Waals surface area contributed by atoms with Gasteiger partial charge in [-0.05, 0) is 43.4 Å². The summed E-state index contributed by atoms with van der Waals surface area (Å²) in [4.78, 5) is 4.65. The Hall–Kier alpha value is -1.60. The standard InChI is InChI=1S/C16H19N3O2S2/c1-23(20,21)19-8-2-3-12-9-11(4-7-15(12)19)14-10-22-16(18-14)17-13-5-6-13/h4,7,9-10,13H,2-3,5-6,8H2,1H3,(H,17,18). The Kier molecular flexibility index (Phi) is 3.57. The largest absolute Gasteiger partial charge is 0.359 e. The molecule has 1 aliphatic heterocycles. The molecule has 1 saturated carbocycles. The molecule has 0 amide bonds. The van der Waals surface area contributed by atoms with Crippen molar-refractivity contribution in [2.75, 3.05) is 22.4 Å². The van der Waals surface area contributed by atoms with E-state index in [4.69, 9.17) is 0 Å². The minimum atomic E-state index is -3.21. The van der Waals surface area contributed by atoms with Gasteiger partial charge in [-0.25, -0.2) is 13.4 Å². The van der Waals surface area contributed by atoms with Gasteiger partial charge in [-0.15, -0.1) is 11.3 Å². The van der Waals surface area contributed by atoms with Crippen LogP contribution < -0.4 is 9.62 Å². The summed E-state index contributed by atoms with van der Waals surface area (Å²) in [6.45, 7) is 0.567. The fourth-order valence-corrected chi connectivity index (χ4v) is 4.74. The molecule has 0 saturated heterocycles. The second-order valence-electron chi connectivity index (χ2n) is 6.24. The Balaban J connectivity index is 1.65. The number of fused-ring (bicyclic) bond motifs is 1. The summed E-state index contributed by atoms with van der Waals surface area (Å²) in [6.07, 6.45) is 5.50. The highest BCUT2D eigenvalue weighted by Gasteiger charge is 2.25. The number of hydrogen-bond donors (Lipinski definition) is 1. The normalized spacial score (nSPS) is 17.9. The van der Waals surface area contributed by atoms with E-state index in [0.717, 1.165) is 40.5 Å². The van der Waals surface area contributed by atoms with E-state index >= 15 is 0 Å². The van der Waals surface area contributed by atoms with Gasteiger partial charge in [-0.3, -0.25) is 4.31 Å². The molecule has 1 aromatic carbocycles. The van der Waals surface area contributed by atoms with Crippen molar-refractivity contribution in [3.8, 4) is 11.3 Å². The second-order valence-corrected chi connectivity index (χ2v) is 9.00. The first-order valence-corrected chi connectivity index (χ1v) is 10.6. The number of rotatable bonds is 4. The fourth-order valence-electron chi connectivity index (χ4n) is 2.94. The highest BCUT2D eigenvalue weighted by atomic mass is 32.2.